The zero-order valence-corrected chi connectivity index (χ0v) is 10.2. The molecule has 1 aliphatic rings. The van der Waals surface area contributed by atoms with Crippen LogP contribution < -0.4 is 10.6 Å². The number of aryl methyl sites for hydroxylation is 1. The van der Waals surface area contributed by atoms with Gasteiger partial charge in [-0.3, -0.25) is 4.68 Å². The van der Waals surface area contributed by atoms with Crippen LogP contribution >= 0.6 is 0 Å². The minimum absolute atomic E-state index is 0.144. The van der Waals surface area contributed by atoms with Crippen molar-refractivity contribution in [2.24, 2.45) is 7.05 Å². The van der Waals surface area contributed by atoms with E-state index < -0.39 is 0 Å². The topological polar surface area (TPSA) is 68.2 Å². The second-order valence-corrected chi connectivity index (χ2v) is 4.27. The molecule has 1 aromatic rings. The van der Waals surface area contributed by atoms with E-state index in [1.165, 1.54) is 0 Å². The summed E-state index contributed by atoms with van der Waals surface area (Å²) >= 11 is 0. The van der Waals surface area contributed by atoms with E-state index in [1.54, 1.807) is 10.9 Å². The molecule has 0 saturated carbocycles. The molecule has 2 N–H and O–H groups in total. The van der Waals surface area contributed by atoms with Crippen LogP contribution in [0.15, 0.2) is 6.20 Å². The summed E-state index contributed by atoms with van der Waals surface area (Å²) in [6, 6.07) is -0.00579. The Morgan fingerprint density at radius 3 is 3.12 bits per heavy atom. The molecule has 6 nitrogen and oxygen atoms in total. The van der Waals surface area contributed by atoms with Crippen LogP contribution in [-0.2, 0) is 18.3 Å². The third-order valence-corrected chi connectivity index (χ3v) is 3.04. The third-order valence-electron chi connectivity index (χ3n) is 3.04. The van der Waals surface area contributed by atoms with Gasteiger partial charge in [0.05, 0.1) is 18.8 Å². The summed E-state index contributed by atoms with van der Waals surface area (Å²) in [5.41, 5.74) is 2.10. The summed E-state index contributed by atoms with van der Waals surface area (Å²) in [7, 11) is 1.88. The maximum Gasteiger partial charge on any atom is 0.315 e. The van der Waals surface area contributed by atoms with Crippen LogP contribution in [0.3, 0.4) is 0 Å². The van der Waals surface area contributed by atoms with E-state index in [1.807, 2.05) is 14.0 Å². The van der Waals surface area contributed by atoms with Gasteiger partial charge in [-0.1, -0.05) is 0 Å². The molecule has 0 radical (unpaired) electrons. The van der Waals surface area contributed by atoms with Crippen molar-refractivity contribution in [1.29, 1.82) is 0 Å². The van der Waals surface area contributed by atoms with E-state index in [-0.39, 0.29) is 12.1 Å². The van der Waals surface area contributed by atoms with Gasteiger partial charge in [-0.25, -0.2) is 4.79 Å². The van der Waals surface area contributed by atoms with Crippen molar-refractivity contribution in [3.63, 3.8) is 0 Å². The molecule has 1 fully saturated rings. The van der Waals surface area contributed by atoms with Gasteiger partial charge >= 0.3 is 6.03 Å². The Balaban J connectivity index is 1.77. The molecule has 1 aliphatic heterocycles. The fourth-order valence-electron chi connectivity index (χ4n) is 1.78. The molecule has 0 bridgehead atoms. The number of nitrogens with one attached hydrogen (secondary N) is 2. The van der Waals surface area contributed by atoms with Crippen LogP contribution in [0, 0.1) is 6.92 Å². The van der Waals surface area contributed by atoms with Crippen LogP contribution in [-0.4, -0.2) is 35.1 Å². The first-order chi connectivity index (χ1) is 8.16. The minimum atomic E-state index is -0.149. The quantitative estimate of drug-likeness (QED) is 0.796. The summed E-state index contributed by atoms with van der Waals surface area (Å²) < 4.78 is 6.98. The molecule has 0 spiro atoms. The van der Waals surface area contributed by atoms with Gasteiger partial charge in [0, 0.05) is 31.5 Å². The van der Waals surface area contributed by atoms with Crippen molar-refractivity contribution in [3.8, 4) is 0 Å². The van der Waals surface area contributed by atoms with Gasteiger partial charge in [0.25, 0.3) is 0 Å². The Morgan fingerprint density at radius 2 is 2.53 bits per heavy atom. The largest absolute Gasteiger partial charge is 0.379 e. The molecular weight excluding hydrogens is 220 g/mol. The van der Waals surface area contributed by atoms with E-state index in [0.29, 0.717) is 13.2 Å². The fourth-order valence-corrected chi connectivity index (χ4v) is 1.78. The predicted octanol–water partition coefficient (Wildman–Crippen LogP) is 0.317. The number of ether oxygens (including phenoxy) is 1. The normalized spacial score (nSPS) is 19.3. The molecule has 1 atom stereocenters. The molecular formula is C11H18N4O2. The third kappa shape index (κ3) is 2.97. The van der Waals surface area contributed by atoms with E-state index in [2.05, 4.69) is 15.7 Å². The van der Waals surface area contributed by atoms with E-state index in [9.17, 15) is 4.79 Å². The van der Waals surface area contributed by atoms with Crippen LogP contribution in [0.2, 0.25) is 0 Å². The monoisotopic (exact) mass is 238 g/mol. The Morgan fingerprint density at radius 1 is 1.71 bits per heavy atom. The lowest BCUT2D eigenvalue weighted by molar-refractivity contribution is 0.188. The number of hydrogen-bond donors (Lipinski definition) is 2. The number of aromatic nitrogens is 2. The summed E-state index contributed by atoms with van der Waals surface area (Å²) in [6.45, 7) is 3.82. The Kier molecular flexibility index (Phi) is 3.63. The van der Waals surface area contributed by atoms with E-state index in [4.69, 9.17) is 4.74 Å². The van der Waals surface area contributed by atoms with Crippen molar-refractivity contribution in [2.45, 2.75) is 25.9 Å². The molecule has 2 rings (SSSR count). The highest BCUT2D eigenvalue weighted by Crippen LogP contribution is 2.05. The van der Waals surface area contributed by atoms with Gasteiger partial charge in [-0.2, -0.15) is 5.10 Å². The highest BCUT2D eigenvalue weighted by Gasteiger charge is 2.17. The van der Waals surface area contributed by atoms with Crippen molar-refractivity contribution in [2.75, 3.05) is 13.2 Å². The average Bonchev–Trinajstić information content (AvgIpc) is 2.90. The first-order valence-corrected chi connectivity index (χ1v) is 5.76. The molecule has 6 heteroatoms. The van der Waals surface area contributed by atoms with Crippen LogP contribution in [0.5, 0.6) is 0 Å². The molecule has 2 heterocycles. The van der Waals surface area contributed by atoms with Crippen molar-refractivity contribution in [1.82, 2.24) is 20.4 Å². The molecule has 2 amide bonds. The van der Waals surface area contributed by atoms with Crippen LogP contribution in [0.4, 0.5) is 4.79 Å². The summed E-state index contributed by atoms with van der Waals surface area (Å²) in [6.07, 6.45) is 2.66. The minimum Gasteiger partial charge on any atom is -0.379 e. The number of nitrogens with zero attached hydrogens (tertiary/aromatic N) is 2. The summed E-state index contributed by atoms with van der Waals surface area (Å²) in [5, 5.41) is 9.82. The van der Waals surface area contributed by atoms with Gasteiger partial charge in [0.15, 0.2) is 0 Å². The first kappa shape index (κ1) is 11.9. The standard InChI is InChI=1S/C11H18N4O2/c1-8-9(6-13-15(8)2)5-12-11(16)14-10-3-4-17-7-10/h6,10H,3-5,7H2,1-2H3,(H2,12,14,16). The van der Waals surface area contributed by atoms with Gasteiger partial charge in [0.1, 0.15) is 0 Å². The van der Waals surface area contributed by atoms with Crippen molar-refractivity contribution < 1.29 is 9.53 Å². The van der Waals surface area contributed by atoms with Gasteiger partial charge in [-0.05, 0) is 13.3 Å². The molecule has 0 aliphatic carbocycles. The van der Waals surface area contributed by atoms with Gasteiger partial charge in [-0.15, -0.1) is 0 Å². The zero-order valence-electron chi connectivity index (χ0n) is 10.2. The summed E-state index contributed by atoms with van der Waals surface area (Å²) in [5.74, 6) is 0. The number of urea groups is 1. The van der Waals surface area contributed by atoms with Crippen molar-refractivity contribution >= 4 is 6.03 Å². The highest BCUT2D eigenvalue weighted by atomic mass is 16.5. The number of rotatable bonds is 3. The lowest BCUT2D eigenvalue weighted by atomic mass is 10.2. The van der Waals surface area contributed by atoms with Crippen LogP contribution in [0.1, 0.15) is 17.7 Å². The number of carbonyl (C=O) groups is 1. The molecule has 1 unspecified atom stereocenters. The maximum atomic E-state index is 11.6. The zero-order chi connectivity index (χ0) is 12.3. The van der Waals surface area contributed by atoms with Gasteiger partial charge < -0.3 is 15.4 Å². The maximum absolute atomic E-state index is 11.6. The molecule has 0 aromatic carbocycles. The summed E-state index contributed by atoms with van der Waals surface area (Å²) in [4.78, 5) is 11.6. The lowest BCUT2D eigenvalue weighted by Gasteiger charge is -2.11. The molecule has 94 valence electrons. The lowest BCUT2D eigenvalue weighted by Crippen LogP contribution is -2.42. The number of hydrogen-bond acceptors (Lipinski definition) is 3. The average molecular weight is 238 g/mol. The Labute approximate surface area is 100 Å². The van der Waals surface area contributed by atoms with E-state index in [0.717, 1.165) is 24.3 Å². The van der Waals surface area contributed by atoms with E-state index >= 15 is 0 Å². The molecule has 17 heavy (non-hydrogen) atoms. The smallest absolute Gasteiger partial charge is 0.315 e. The molecule has 1 saturated heterocycles. The predicted molar refractivity (Wildman–Crippen MR) is 62.5 cm³/mol. The Bertz CT molecular complexity index is 396. The Hall–Kier alpha value is -1.56. The first-order valence-electron chi connectivity index (χ1n) is 5.76. The fraction of sp³-hybridized carbons (Fsp3) is 0.636. The van der Waals surface area contributed by atoms with Crippen LogP contribution in [0.25, 0.3) is 0 Å². The second kappa shape index (κ2) is 5.18. The highest BCUT2D eigenvalue weighted by molar-refractivity contribution is 5.74. The number of amides is 2. The van der Waals surface area contributed by atoms with Gasteiger partial charge in [0.2, 0.25) is 0 Å². The van der Waals surface area contributed by atoms with Crippen molar-refractivity contribution in [3.05, 3.63) is 17.5 Å². The second-order valence-electron chi connectivity index (χ2n) is 4.27. The number of carbonyl (C=O) groups excluding carboxylic acids is 1. The molecule has 1 aromatic heterocycles. The SMILES string of the molecule is Cc1c(CNC(=O)NC2CCOC2)cnn1C.